The molecule has 2 rings (SSSR count). The first-order valence-corrected chi connectivity index (χ1v) is 5.90. The van der Waals surface area contributed by atoms with Crippen molar-refractivity contribution in [2.75, 3.05) is 19.6 Å². The Morgan fingerprint density at radius 2 is 2.22 bits per heavy atom. The van der Waals surface area contributed by atoms with Crippen LogP contribution in [0.1, 0.15) is 22.8 Å². The van der Waals surface area contributed by atoms with Crippen LogP contribution in [0.25, 0.3) is 0 Å². The first-order valence-electron chi connectivity index (χ1n) is 5.90. The summed E-state index contributed by atoms with van der Waals surface area (Å²) in [4.78, 5) is 14.0. The summed E-state index contributed by atoms with van der Waals surface area (Å²) in [7, 11) is 0. The Labute approximate surface area is 113 Å². The Morgan fingerprint density at radius 3 is 2.89 bits per heavy atom. The number of aromatic hydroxyl groups is 1. The van der Waals surface area contributed by atoms with Gasteiger partial charge in [0.25, 0.3) is 5.91 Å². The van der Waals surface area contributed by atoms with Gasteiger partial charge in [-0.25, -0.2) is 0 Å². The van der Waals surface area contributed by atoms with Crippen LogP contribution >= 0.6 is 12.4 Å². The number of aryl methyl sites for hydroxylation is 1. The smallest absolute Gasteiger partial charge is 0.257 e. The highest BCUT2D eigenvalue weighted by atomic mass is 35.5. The van der Waals surface area contributed by atoms with Gasteiger partial charge in [-0.1, -0.05) is 11.6 Å². The van der Waals surface area contributed by atoms with Crippen LogP contribution in [0.5, 0.6) is 5.75 Å². The van der Waals surface area contributed by atoms with E-state index in [0.717, 1.165) is 12.1 Å². The summed E-state index contributed by atoms with van der Waals surface area (Å²) in [5.74, 6) is -0.0219. The summed E-state index contributed by atoms with van der Waals surface area (Å²) in [6, 6.07) is 5.42. The normalized spacial score (nSPS) is 19.2. The van der Waals surface area contributed by atoms with Crippen LogP contribution in [0.4, 0.5) is 0 Å². The number of halogens is 1. The van der Waals surface area contributed by atoms with Crippen LogP contribution in [0.3, 0.4) is 0 Å². The van der Waals surface area contributed by atoms with Gasteiger partial charge in [0.05, 0.1) is 5.56 Å². The quantitative estimate of drug-likeness (QED) is 0.814. The third-order valence-corrected chi connectivity index (χ3v) is 3.04. The summed E-state index contributed by atoms with van der Waals surface area (Å²) in [6.07, 6.45) is 0. The van der Waals surface area contributed by atoms with Crippen molar-refractivity contribution < 1.29 is 9.90 Å². The van der Waals surface area contributed by atoms with Gasteiger partial charge >= 0.3 is 0 Å². The predicted molar refractivity (Wildman–Crippen MR) is 73.5 cm³/mol. The van der Waals surface area contributed by atoms with Gasteiger partial charge in [0, 0.05) is 25.7 Å². The molecule has 5 heteroatoms. The van der Waals surface area contributed by atoms with Crippen LogP contribution in [0, 0.1) is 6.92 Å². The molecule has 0 aliphatic carbocycles. The predicted octanol–water partition coefficient (Wildman–Crippen LogP) is 1.56. The first-order chi connectivity index (χ1) is 8.08. The average molecular weight is 271 g/mol. The molecule has 1 aromatic carbocycles. The summed E-state index contributed by atoms with van der Waals surface area (Å²) in [5, 5.41) is 13.0. The molecule has 0 spiro atoms. The van der Waals surface area contributed by atoms with Crippen LogP contribution in [-0.4, -0.2) is 41.6 Å². The molecule has 1 atom stereocenters. The second-order valence-corrected chi connectivity index (χ2v) is 4.63. The Bertz CT molecular complexity index is 437. The van der Waals surface area contributed by atoms with Crippen LogP contribution in [0.15, 0.2) is 18.2 Å². The molecule has 100 valence electrons. The fourth-order valence-electron chi connectivity index (χ4n) is 2.11. The van der Waals surface area contributed by atoms with Gasteiger partial charge in [-0.2, -0.15) is 0 Å². The molecule has 0 unspecified atom stereocenters. The van der Waals surface area contributed by atoms with Crippen molar-refractivity contribution in [3.05, 3.63) is 29.3 Å². The van der Waals surface area contributed by atoms with E-state index in [-0.39, 0.29) is 24.1 Å². The van der Waals surface area contributed by atoms with E-state index in [1.165, 1.54) is 0 Å². The van der Waals surface area contributed by atoms with Crippen molar-refractivity contribution in [3.8, 4) is 5.75 Å². The molecule has 1 aliphatic heterocycles. The number of hydrogen-bond donors (Lipinski definition) is 2. The van der Waals surface area contributed by atoms with E-state index < -0.39 is 0 Å². The van der Waals surface area contributed by atoms with E-state index in [9.17, 15) is 9.90 Å². The Hall–Kier alpha value is -1.26. The van der Waals surface area contributed by atoms with Crippen LogP contribution < -0.4 is 5.32 Å². The number of carbonyl (C=O) groups is 1. The largest absolute Gasteiger partial charge is 0.507 e. The highest BCUT2D eigenvalue weighted by molar-refractivity contribution is 5.97. The molecule has 1 amide bonds. The molecule has 1 heterocycles. The second-order valence-electron chi connectivity index (χ2n) is 4.63. The molecule has 0 radical (unpaired) electrons. The molecule has 4 nitrogen and oxygen atoms in total. The Kier molecular flexibility index (Phi) is 4.99. The van der Waals surface area contributed by atoms with E-state index in [0.29, 0.717) is 24.7 Å². The zero-order valence-corrected chi connectivity index (χ0v) is 11.5. The number of amides is 1. The molecular weight excluding hydrogens is 252 g/mol. The molecule has 0 aromatic heterocycles. The van der Waals surface area contributed by atoms with Crippen molar-refractivity contribution in [3.63, 3.8) is 0 Å². The summed E-state index contributed by atoms with van der Waals surface area (Å²) >= 11 is 0. The molecule has 1 aromatic rings. The molecule has 1 fully saturated rings. The third kappa shape index (κ3) is 3.15. The summed E-state index contributed by atoms with van der Waals surface area (Å²) < 4.78 is 0. The number of phenols is 1. The lowest BCUT2D eigenvalue weighted by molar-refractivity contribution is 0.0706. The maximum Gasteiger partial charge on any atom is 0.257 e. The van der Waals surface area contributed by atoms with Crippen molar-refractivity contribution in [1.29, 1.82) is 0 Å². The third-order valence-electron chi connectivity index (χ3n) is 3.04. The molecule has 2 N–H and O–H groups in total. The maximum absolute atomic E-state index is 12.3. The highest BCUT2D eigenvalue weighted by Gasteiger charge is 2.23. The van der Waals surface area contributed by atoms with Gasteiger partial charge in [0.15, 0.2) is 0 Å². The average Bonchev–Trinajstić information content (AvgIpc) is 2.31. The van der Waals surface area contributed by atoms with E-state index in [1.807, 2.05) is 6.92 Å². The number of benzene rings is 1. The lowest BCUT2D eigenvalue weighted by atomic mass is 10.1. The van der Waals surface area contributed by atoms with Crippen molar-refractivity contribution in [2.45, 2.75) is 19.9 Å². The van der Waals surface area contributed by atoms with E-state index in [2.05, 4.69) is 12.2 Å². The fourth-order valence-corrected chi connectivity index (χ4v) is 2.11. The van der Waals surface area contributed by atoms with Gasteiger partial charge in [-0.15, -0.1) is 12.4 Å². The number of nitrogens with one attached hydrogen (secondary N) is 1. The van der Waals surface area contributed by atoms with E-state index in [1.54, 1.807) is 23.1 Å². The summed E-state index contributed by atoms with van der Waals surface area (Å²) in [6.45, 7) is 6.15. The van der Waals surface area contributed by atoms with Gasteiger partial charge in [0.1, 0.15) is 5.75 Å². The van der Waals surface area contributed by atoms with Crippen molar-refractivity contribution in [2.24, 2.45) is 0 Å². The fraction of sp³-hybridized carbons (Fsp3) is 0.462. The van der Waals surface area contributed by atoms with E-state index >= 15 is 0 Å². The molecule has 0 saturated carbocycles. The molecule has 1 saturated heterocycles. The second kappa shape index (κ2) is 6.07. The number of rotatable bonds is 1. The number of piperazine rings is 1. The zero-order chi connectivity index (χ0) is 12.4. The van der Waals surface area contributed by atoms with Gasteiger partial charge in [-0.05, 0) is 26.0 Å². The molecular formula is C13H19ClN2O2. The van der Waals surface area contributed by atoms with Crippen LogP contribution in [-0.2, 0) is 0 Å². The number of carbonyl (C=O) groups excluding carboxylic acids is 1. The van der Waals surface area contributed by atoms with Crippen molar-refractivity contribution in [1.82, 2.24) is 10.2 Å². The van der Waals surface area contributed by atoms with Crippen molar-refractivity contribution >= 4 is 18.3 Å². The number of nitrogens with zero attached hydrogens (tertiary/aromatic N) is 1. The van der Waals surface area contributed by atoms with Gasteiger partial charge in [-0.3, -0.25) is 4.79 Å². The number of hydrogen-bond acceptors (Lipinski definition) is 3. The lowest BCUT2D eigenvalue weighted by Crippen LogP contribution is -2.51. The maximum atomic E-state index is 12.3. The molecule has 1 aliphatic rings. The van der Waals surface area contributed by atoms with E-state index in [4.69, 9.17) is 0 Å². The Morgan fingerprint density at radius 1 is 1.50 bits per heavy atom. The minimum absolute atomic E-state index is 0. The number of phenolic OH excluding ortho intramolecular Hbond substituents is 1. The van der Waals surface area contributed by atoms with Gasteiger partial charge in [0.2, 0.25) is 0 Å². The highest BCUT2D eigenvalue weighted by Crippen LogP contribution is 2.20. The zero-order valence-electron chi connectivity index (χ0n) is 10.6. The molecule has 0 bridgehead atoms. The SMILES string of the molecule is Cc1ccc(O)c(C(=O)N2CCN[C@H](C)C2)c1.Cl. The van der Waals surface area contributed by atoms with Crippen LogP contribution in [0.2, 0.25) is 0 Å². The lowest BCUT2D eigenvalue weighted by Gasteiger charge is -2.32. The minimum atomic E-state index is -0.0837. The monoisotopic (exact) mass is 270 g/mol. The van der Waals surface area contributed by atoms with Gasteiger partial charge < -0.3 is 15.3 Å². The standard InChI is InChI=1S/C13H18N2O2.ClH/c1-9-3-4-12(16)11(7-9)13(17)15-6-5-14-10(2)8-15;/h3-4,7,10,14,16H,5-6,8H2,1-2H3;1H/t10-;/m1./s1. The molecule has 18 heavy (non-hydrogen) atoms. The minimum Gasteiger partial charge on any atom is -0.507 e. The summed E-state index contributed by atoms with van der Waals surface area (Å²) in [5.41, 5.74) is 1.38. The first kappa shape index (κ1) is 14.8. The Balaban J connectivity index is 0.00000162. The topological polar surface area (TPSA) is 52.6 Å².